The summed E-state index contributed by atoms with van der Waals surface area (Å²) >= 11 is 24.8. The van der Waals surface area contributed by atoms with Gasteiger partial charge in [0.1, 0.15) is 6.07 Å². The van der Waals surface area contributed by atoms with E-state index in [1.54, 1.807) is 42.5 Å². The van der Waals surface area contributed by atoms with Crippen molar-refractivity contribution in [2.45, 2.75) is 0 Å². The third-order valence-corrected chi connectivity index (χ3v) is 4.55. The molecule has 2 aromatic carbocycles. The molecule has 0 unspecified atom stereocenters. The molecule has 0 fully saturated rings. The van der Waals surface area contributed by atoms with Gasteiger partial charge in [0.25, 0.3) is 0 Å². The molecule has 1 aromatic heterocycles. The van der Waals surface area contributed by atoms with Gasteiger partial charge in [0.05, 0.1) is 16.3 Å². The Morgan fingerprint density at radius 3 is 1.96 bits per heavy atom. The normalized spacial score (nSPS) is 10.5. The standard InChI is InChI=1S/C18H8Cl4N2/c19-11-1-3-16(21)13(6-11)14-5-10(8-23)9-24-18(14)15-7-12(20)2-4-17(15)22/h1-7,9H. The highest BCUT2D eigenvalue weighted by Crippen LogP contribution is 2.39. The molecule has 0 saturated carbocycles. The maximum Gasteiger partial charge on any atom is 0.101 e. The van der Waals surface area contributed by atoms with Gasteiger partial charge in [-0.15, -0.1) is 0 Å². The first kappa shape index (κ1) is 17.1. The predicted molar refractivity (Wildman–Crippen MR) is 99.9 cm³/mol. The minimum atomic E-state index is 0.406. The highest BCUT2D eigenvalue weighted by Gasteiger charge is 2.16. The van der Waals surface area contributed by atoms with E-state index in [0.29, 0.717) is 48.0 Å². The minimum Gasteiger partial charge on any atom is -0.254 e. The van der Waals surface area contributed by atoms with Gasteiger partial charge in [0, 0.05) is 38.0 Å². The zero-order chi connectivity index (χ0) is 17.3. The third kappa shape index (κ3) is 3.36. The van der Waals surface area contributed by atoms with Crippen molar-refractivity contribution in [3.8, 4) is 28.5 Å². The van der Waals surface area contributed by atoms with Gasteiger partial charge in [0.15, 0.2) is 0 Å². The molecule has 6 heteroatoms. The van der Waals surface area contributed by atoms with Crippen molar-refractivity contribution in [2.75, 3.05) is 0 Å². The van der Waals surface area contributed by atoms with Crippen LogP contribution in [0.5, 0.6) is 0 Å². The second kappa shape index (κ2) is 7.01. The summed E-state index contributed by atoms with van der Waals surface area (Å²) in [5, 5.41) is 11.2. The van der Waals surface area contributed by atoms with Crippen LogP contribution in [-0.2, 0) is 0 Å². The predicted octanol–water partition coefficient (Wildman–Crippen LogP) is 6.90. The second-order valence-corrected chi connectivity index (χ2v) is 6.67. The molecule has 0 bridgehead atoms. The van der Waals surface area contributed by atoms with Gasteiger partial charge >= 0.3 is 0 Å². The Morgan fingerprint density at radius 1 is 0.750 bits per heavy atom. The fraction of sp³-hybridized carbons (Fsp3) is 0. The lowest BCUT2D eigenvalue weighted by atomic mass is 9.98. The Kier molecular flexibility index (Phi) is 4.99. The lowest BCUT2D eigenvalue weighted by molar-refractivity contribution is 1.30. The van der Waals surface area contributed by atoms with Crippen LogP contribution >= 0.6 is 46.4 Å². The van der Waals surface area contributed by atoms with Crippen LogP contribution < -0.4 is 0 Å². The minimum absolute atomic E-state index is 0.406. The molecule has 0 spiro atoms. The maximum absolute atomic E-state index is 9.20. The Bertz CT molecular complexity index is 977. The quantitative estimate of drug-likeness (QED) is 0.474. The Morgan fingerprint density at radius 2 is 1.33 bits per heavy atom. The zero-order valence-corrected chi connectivity index (χ0v) is 15.0. The molecular formula is C18H8Cl4N2. The van der Waals surface area contributed by atoms with Gasteiger partial charge in [-0.05, 0) is 42.5 Å². The lowest BCUT2D eigenvalue weighted by Crippen LogP contribution is -1.93. The molecule has 3 rings (SSSR count). The summed E-state index contributed by atoms with van der Waals surface area (Å²) in [6.45, 7) is 0. The van der Waals surface area contributed by atoms with E-state index < -0.39 is 0 Å². The lowest BCUT2D eigenvalue weighted by Gasteiger charge is -2.13. The highest BCUT2D eigenvalue weighted by molar-refractivity contribution is 6.36. The van der Waals surface area contributed by atoms with Crippen LogP contribution in [0, 0.1) is 11.3 Å². The van der Waals surface area contributed by atoms with Crippen LogP contribution in [-0.4, -0.2) is 4.98 Å². The number of hydrogen-bond donors (Lipinski definition) is 0. The van der Waals surface area contributed by atoms with Crippen molar-refractivity contribution in [1.29, 1.82) is 5.26 Å². The molecule has 0 N–H and O–H groups in total. The summed E-state index contributed by atoms with van der Waals surface area (Å²) in [5.74, 6) is 0. The van der Waals surface area contributed by atoms with Crippen molar-refractivity contribution in [3.63, 3.8) is 0 Å². The van der Waals surface area contributed by atoms with Gasteiger partial charge in [-0.3, -0.25) is 4.98 Å². The maximum atomic E-state index is 9.20. The molecule has 0 amide bonds. The van der Waals surface area contributed by atoms with Crippen LogP contribution in [0.4, 0.5) is 0 Å². The molecule has 0 aliphatic rings. The SMILES string of the molecule is N#Cc1cnc(-c2cc(Cl)ccc2Cl)c(-c2cc(Cl)ccc2Cl)c1. The van der Waals surface area contributed by atoms with Crippen LogP contribution in [0.3, 0.4) is 0 Å². The number of halogens is 4. The van der Waals surface area contributed by atoms with Crippen LogP contribution in [0.25, 0.3) is 22.4 Å². The first-order valence-electron chi connectivity index (χ1n) is 6.80. The van der Waals surface area contributed by atoms with Gasteiger partial charge in [-0.2, -0.15) is 5.26 Å². The molecule has 0 aliphatic carbocycles. The molecule has 0 saturated heterocycles. The highest BCUT2D eigenvalue weighted by atomic mass is 35.5. The van der Waals surface area contributed by atoms with E-state index in [1.165, 1.54) is 6.20 Å². The summed E-state index contributed by atoms with van der Waals surface area (Å²) in [7, 11) is 0. The first-order valence-corrected chi connectivity index (χ1v) is 8.32. The van der Waals surface area contributed by atoms with Gasteiger partial charge in [0.2, 0.25) is 0 Å². The summed E-state index contributed by atoms with van der Waals surface area (Å²) < 4.78 is 0. The molecule has 24 heavy (non-hydrogen) atoms. The van der Waals surface area contributed by atoms with Crippen LogP contribution in [0.15, 0.2) is 48.7 Å². The van der Waals surface area contributed by atoms with E-state index in [2.05, 4.69) is 11.1 Å². The monoisotopic (exact) mass is 392 g/mol. The van der Waals surface area contributed by atoms with Crippen LogP contribution in [0.1, 0.15) is 5.56 Å². The van der Waals surface area contributed by atoms with Crippen molar-refractivity contribution < 1.29 is 0 Å². The average Bonchev–Trinajstić information content (AvgIpc) is 2.59. The van der Waals surface area contributed by atoms with E-state index in [4.69, 9.17) is 46.4 Å². The molecule has 3 aromatic rings. The Hall–Kier alpha value is -1.76. The zero-order valence-electron chi connectivity index (χ0n) is 12.0. The fourth-order valence-corrected chi connectivity index (χ4v) is 3.10. The molecule has 0 aliphatic heterocycles. The fourth-order valence-electron chi connectivity index (χ4n) is 2.33. The number of nitriles is 1. The first-order chi connectivity index (χ1) is 11.5. The smallest absolute Gasteiger partial charge is 0.101 e. The average molecular weight is 394 g/mol. The van der Waals surface area contributed by atoms with E-state index in [0.717, 1.165) is 0 Å². The molecule has 0 atom stereocenters. The van der Waals surface area contributed by atoms with Crippen molar-refractivity contribution in [1.82, 2.24) is 4.98 Å². The third-order valence-electron chi connectivity index (χ3n) is 3.42. The van der Waals surface area contributed by atoms with E-state index >= 15 is 0 Å². The number of pyridine rings is 1. The molecule has 2 nitrogen and oxygen atoms in total. The van der Waals surface area contributed by atoms with E-state index in [9.17, 15) is 5.26 Å². The van der Waals surface area contributed by atoms with E-state index in [-0.39, 0.29) is 0 Å². The van der Waals surface area contributed by atoms with Gasteiger partial charge in [-0.25, -0.2) is 0 Å². The van der Waals surface area contributed by atoms with Crippen molar-refractivity contribution in [2.24, 2.45) is 0 Å². The van der Waals surface area contributed by atoms with Crippen LogP contribution in [0.2, 0.25) is 20.1 Å². The largest absolute Gasteiger partial charge is 0.254 e. The topological polar surface area (TPSA) is 36.7 Å². The Labute approximate surface area is 159 Å². The van der Waals surface area contributed by atoms with Gasteiger partial charge < -0.3 is 0 Å². The molecule has 118 valence electrons. The number of nitrogens with zero attached hydrogens (tertiary/aromatic N) is 2. The molecule has 1 heterocycles. The summed E-state index contributed by atoms with van der Waals surface area (Å²) in [6, 6.07) is 14.0. The van der Waals surface area contributed by atoms with E-state index in [1.807, 2.05) is 0 Å². The number of rotatable bonds is 2. The van der Waals surface area contributed by atoms with Crippen molar-refractivity contribution >= 4 is 46.4 Å². The van der Waals surface area contributed by atoms with Crippen molar-refractivity contribution in [3.05, 3.63) is 74.3 Å². The summed E-state index contributed by atoms with van der Waals surface area (Å²) in [4.78, 5) is 4.40. The summed E-state index contributed by atoms with van der Waals surface area (Å²) in [5.41, 5.74) is 2.96. The number of aromatic nitrogens is 1. The molecular weight excluding hydrogens is 386 g/mol. The second-order valence-electron chi connectivity index (χ2n) is 4.98. The summed E-state index contributed by atoms with van der Waals surface area (Å²) in [6.07, 6.45) is 1.48. The number of hydrogen-bond acceptors (Lipinski definition) is 2. The Balaban J connectivity index is 2.34. The molecule has 0 radical (unpaired) electrons. The number of benzene rings is 2. The van der Waals surface area contributed by atoms with Gasteiger partial charge in [-0.1, -0.05) is 46.4 Å².